The summed E-state index contributed by atoms with van der Waals surface area (Å²) in [5, 5.41) is 11.3. The molecule has 0 aliphatic heterocycles. The quantitative estimate of drug-likeness (QED) is 0.572. The summed E-state index contributed by atoms with van der Waals surface area (Å²) < 4.78 is 0. The van der Waals surface area contributed by atoms with Gasteiger partial charge in [0.2, 0.25) is 5.91 Å². The van der Waals surface area contributed by atoms with Crippen LogP contribution in [0.5, 0.6) is 0 Å². The van der Waals surface area contributed by atoms with Crippen molar-refractivity contribution in [3.8, 4) is 0 Å². The molecule has 17 heavy (non-hydrogen) atoms. The van der Waals surface area contributed by atoms with Crippen LogP contribution in [-0.4, -0.2) is 41.1 Å². The van der Waals surface area contributed by atoms with E-state index < -0.39 is 12.0 Å². The van der Waals surface area contributed by atoms with Crippen molar-refractivity contribution < 1.29 is 14.7 Å². The number of carboxylic acid groups (broad SMARTS) is 1. The molecule has 0 aromatic carbocycles. The summed E-state index contributed by atoms with van der Waals surface area (Å²) in [5.74, 6) is -0.0933. The van der Waals surface area contributed by atoms with Crippen molar-refractivity contribution in [2.24, 2.45) is 5.73 Å². The lowest BCUT2D eigenvalue weighted by Gasteiger charge is -2.17. The lowest BCUT2D eigenvalue weighted by molar-refractivity contribution is -0.137. The van der Waals surface area contributed by atoms with Crippen molar-refractivity contribution in [3.63, 3.8) is 0 Å². The third kappa shape index (κ3) is 9.00. The Balaban J connectivity index is 3.74. The number of aliphatic carboxylic acids is 1. The number of nitrogens with one attached hydrogen (secondary N) is 1. The first-order valence-corrected chi connectivity index (χ1v) is 7.13. The van der Waals surface area contributed by atoms with Crippen LogP contribution in [0.2, 0.25) is 0 Å². The second kappa shape index (κ2) is 9.30. The fraction of sp³-hybridized carbons (Fsp3) is 0.818. The van der Waals surface area contributed by atoms with E-state index in [-0.39, 0.29) is 18.4 Å². The number of carbonyl (C=O) groups is 2. The minimum atomic E-state index is -0.805. The molecule has 0 aliphatic carbocycles. The molecule has 0 saturated carbocycles. The maximum absolute atomic E-state index is 11.6. The van der Waals surface area contributed by atoms with Crippen molar-refractivity contribution in [2.75, 3.05) is 12.0 Å². The maximum Gasteiger partial charge on any atom is 0.303 e. The van der Waals surface area contributed by atoms with Crippen LogP contribution in [0.3, 0.4) is 0 Å². The SMILES string of the molecule is CSCC[C@@H](N)C(=O)NC(C)CCCC(=O)O. The summed E-state index contributed by atoms with van der Waals surface area (Å²) in [6.45, 7) is 1.86. The Morgan fingerprint density at radius 1 is 1.41 bits per heavy atom. The molecule has 1 unspecified atom stereocenters. The third-order valence-corrected chi connectivity index (χ3v) is 3.03. The van der Waals surface area contributed by atoms with Gasteiger partial charge in [-0.25, -0.2) is 0 Å². The van der Waals surface area contributed by atoms with Crippen LogP contribution in [0, 0.1) is 0 Å². The van der Waals surface area contributed by atoms with E-state index in [0.29, 0.717) is 19.3 Å². The minimum Gasteiger partial charge on any atom is -0.481 e. The zero-order valence-corrected chi connectivity index (χ0v) is 11.3. The highest BCUT2D eigenvalue weighted by Crippen LogP contribution is 2.02. The van der Waals surface area contributed by atoms with Gasteiger partial charge in [-0.15, -0.1) is 0 Å². The number of carbonyl (C=O) groups excluding carboxylic acids is 1. The van der Waals surface area contributed by atoms with Gasteiger partial charge in [0.1, 0.15) is 0 Å². The molecule has 0 radical (unpaired) electrons. The van der Waals surface area contributed by atoms with Crippen LogP contribution < -0.4 is 11.1 Å². The Bertz CT molecular complexity index is 249. The molecule has 0 bridgehead atoms. The van der Waals surface area contributed by atoms with Crippen LogP contribution in [0.4, 0.5) is 0 Å². The first-order chi connectivity index (χ1) is 7.97. The fourth-order valence-electron chi connectivity index (χ4n) is 1.36. The van der Waals surface area contributed by atoms with Crippen molar-refractivity contribution in [1.82, 2.24) is 5.32 Å². The maximum atomic E-state index is 11.6. The average Bonchev–Trinajstić information content (AvgIpc) is 2.25. The molecule has 1 amide bonds. The Labute approximate surface area is 107 Å². The summed E-state index contributed by atoms with van der Waals surface area (Å²) in [7, 11) is 0. The number of rotatable bonds is 9. The van der Waals surface area contributed by atoms with Gasteiger partial charge in [-0.2, -0.15) is 11.8 Å². The molecule has 5 nitrogen and oxygen atoms in total. The Morgan fingerprint density at radius 3 is 2.59 bits per heavy atom. The Morgan fingerprint density at radius 2 is 2.06 bits per heavy atom. The summed E-state index contributed by atoms with van der Waals surface area (Å²) >= 11 is 1.66. The topological polar surface area (TPSA) is 92.4 Å². The fourth-order valence-corrected chi connectivity index (χ4v) is 1.85. The van der Waals surface area contributed by atoms with E-state index in [1.807, 2.05) is 13.2 Å². The van der Waals surface area contributed by atoms with Gasteiger partial charge in [-0.3, -0.25) is 9.59 Å². The molecule has 0 spiro atoms. The predicted octanol–water partition coefficient (Wildman–Crippen LogP) is 0.826. The smallest absolute Gasteiger partial charge is 0.303 e. The van der Waals surface area contributed by atoms with Gasteiger partial charge < -0.3 is 16.2 Å². The first-order valence-electron chi connectivity index (χ1n) is 5.74. The standard InChI is InChI=1S/C11H22N2O3S/c1-8(4-3-5-10(14)15)13-11(16)9(12)6-7-17-2/h8-9H,3-7,12H2,1-2H3,(H,13,16)(H,14,15)/t8?,9-/m1/s1. The van der Waals surface area contributed by atoms with Crippen LogP contribution in [-0.2, 0) is 9.59 Å². The average molecular weight is 262 g/mol. The lowest BCUT2D eigenvalue weighted by Crippen LogP contribution is -2.44. The summed E-state index contributed by atoms with van der Waals surface area (Å²) in [4.78, 5) is 21.9. The minimum absolute atomic E-state index is 0.0258. The molecule has 0 aliphatic rings. The number of carboxylic acids is 1. The third-order valence-electron chi connectivity index (χ3n) is 2.39. The lowest BCUT2D eigenvalue weighted by atomic mass is 10.1. The molecule has 100 valence electrons. The molecule has 2 atom stereocenters. The molecule has 0 saturated heterocycles. The van der Waals surface area contributed by atoms with Gasteiger partial charge in [0.15, 0.2) is 0 Å². The van der Waals surface area contributed by atoms with Crippen molar-refractivity contribution in [1.29, 1.82) is 0 Å². The molecule has 0 aromatic rings. The number of hydrogen-bond donors (Lipinski definition) is 3. The van der Waals surface area contributed by atoms with Gasteiger partial charge in [-0.1, -0.05) is 0 Å². The van der Waals surface area contributed by atoms with E-state index in [9.17, 15) is 9.59 Å². The van der Waals surface area contributed by atoms with Gasteiger partial charge in [0.05, 0.1) is 6.04 Å². The number of amides is 1. The van der Waals surface area contributed by atoms with E-state index in [1.54, 1.807) is 11.8 Å². The zero-order chi connectivity index (χ0) is 13.3. The molecule has 0 aromatic heterocycles. The van der Waals surface area contributed by atoms with Crippen LogP contribution in [0.25, 0.3) is 0 Å². The van der Waals surface area contributed by atoms with Crippen LogP contribution >= 0.6 is 11.8 Å². The summed E-state index contributed by atoms with van der Waals surface area (Å²) in [5.41, 5.74) is 5.71. The van der Waals surface area contributed by atoms with E-state index in [4.69, 9.17) is 10.8 Å². The van der Waals surface area contributed by atoms with E-state index in [0.717, 1.165) is 5.75 Å². The second-order valence-electron chi connectivity index (χ2n) is 4.08. The highest BCUT2D eigenvalue weighted by atomic mass is 32.2. The van der Waals surface area contributed by atoms with Crippen LogP contribution in [0.15, 0.2) is 0 Å². The van der Waals surface area contributed by atoms with E-state index in [2.05, 4.69) is 5.32 Å². The molecule has 0 rings (SSSR count). The molecular formula is C11H22N2O3S. The molecular weight excluding hydrogens is 240 g/mol. The molecule has 0 fully saturated rings. The predicted molar refractivity (Wildman–Crippen MR) is 70.1 cm³/mol. The molecule has 6 heteroatoms. The largest absolute Gasteiger partial charge is 0.481 e. The van der Waals surface area contributed by atoms with E-state index in [1.165, 1.54) is 0 Å². The number of nitrogens with two attached hydrogens (primary N) is 1. The van der Waals surface area contributed by atoms with Gasteiger partial charge >= 0.3 is 5.97 Å². The van der Waals surface area contributed by atoms with E-state index >= 15 is 0 Å². The van der Waals surface area contributed by atoms with Gasteiger partial charge in [0.25, 0.3) is 0 Å². The summed E-state index contributed by atoms with van der Waals surface area (Å²) in [6, 6.07) is -0.494. The number of hydrogen-bond acceptors (Lipinski definition) is 4. The van der Waals surface area contributed by atoms with Crippen molar-refractivity contribution in [2.45, 2.75) is 44.7 Å². The molecule has 0 heterocycles. The second-order valence-corrected chi connectivity index (χ2v) is 5.07. The Kier molecular flexibility index (Phi) is 8.89. The van der Waals surface area contributed by atoms with Crippen molar-refractivity contribution in [3.05, 3.63) is 0 Å². The van der Waals surface area contributed by atoms with Gasteiger partial charge in [0, 0.05) is 12.5 Å². The normalized spacial score (nSPS) is 14.1. The first kappa shape index (κ1) is 16.2. The van der Waals surface area contributed by atoms with Crippen molar-refractivity contribution >= 4 is 23.6 Å². The Hall–Kier alpha value is -0.750. The highest BCUT2D eigenvalue weighted by molar-refractivity contribution is 7.98. The highest BCUT2D eigenvalue weighted by Gasteiger charge is 2.15. The monoisotopic (exact) mass is 262 g/mol. The van der Waals surface area contributed by atoms with Gasteiger partial charge in [-0.05, 0) is 38.2 Å². The summed E-state index contributed by atoms with van der Waals surface area (Å²) in [6.07, 6.45) is 4.00. The van der Waals surface area contributed by atoms with Crippen LogP contribution in [0.1, 0.15) is 32.6 Å². The number of thioether (sulfide) groups is 1. The molecule has 4 N–H and O–H groups in total. The zero-order valence-electron chi connectivity index (χ0n) is 10.4.